The first kappa shape index (κ1) is 34.5. The van der Waals surface area contributed by atoms with Crippen LogP contribution < -0.4 is 9.80 Å². The van der Waals surface area contributed by atoms with E-state index in [0.29, 0.717) is 0 Å². The summed E-state index contributed by atoms with van der Waals surface area (Å²) in [5.41, 5.74) is 10.9. The molecule has 5 aromatic carbocycles. The second-order valence-electron chi connectivity index (χ2n) is 14.0. The van der Waals surface area contributed by atoms with Crippen LogP contribution in [0.1, 0.15) is 89.2 Å². The van der Waals surface area contributed by atoms with Crippen LogP contribution >= 0.6 is 0 Å². The Balaban J connectivity index is 1.37. The summed E-state index contributed by atoms with van der Waals surface area (Å²) in [5, 5.41) is 0. The first-order chi connectivity index (χ1) is 24.1. The quantitative estimate of drug-likeness (QED) is 0.0691. The molecule has 0 unspecified atom stereocenters. The van der Waals surface area contributed by atoms with E-state index in [-0.39, 0.29) is 5.41 Å². The SMILES string of the molecule is CCCCCCC1(CCCCCC)c2ccccc2-c2ccc(N(CN(C)CN(c3ccccc3)c3ccccc3)c3ccccc3)cc21. The number of para-hydroxylation sites is 3. The van der Waals surface area contributed by atoms with Gasteiger partial charge in [-0.2, -0.15) is 0 Å². The Hall–Kier alpha value is -4.34. The monoisotopic (exact) mass is 649 g/mol. The van der Waals surface area contributed by atoms with E-state index in [9.17, 15) is 0 Å². The highest BCUT2D eigenvalue weighted by Gasteiger charge is 2.42. The maximum absolute atomic E-state index is 2.57. The minimum atomic E-state index is 0.0646. The Morgan fingerprint density at radius 1 is 0.429 bits per heavy atom. The number of nitrogens with zero attached hydrogens (tertiary/aromatic N) is 3. The molecule has 0 saturated heterocycles. The normalized spacial score (nSPS) is 12.9. The van der Waals surface area contributed by atoms with Crippen LogP contribution in [-0.2, 0) is 5.41 Å². The van der Waals surface area contributed by atoms with Gasteiger partial charge in [-0.1, -0.05) is 150 Å². The zero-order valence-corrected chi connectivity index (χ0v) is 30.0. The minimum Gasteiger partial charge on any atom is -0.328 e. The lowest BCUT2D eigenvalue weighted by atomic mass is 9.70. The van der Waals surface area contributed by atoms with Gasteiger partial charge in [0, 0.05) is 28.2 Å². The molecule has 0 spiro atoms. The van der Waals surface area contributed by atoms with Gasteiger partial charge < -0.3 is 9.80 Å². The zero-order chi connectivity index (χ0) is 33.9. The van der Waals surface area contributed by atoms with Gasteiger partial charge in [0.1, 0.15) is 0 Å². The third-order valence-electron chi connectivity index (χ3n) is 10.4. The molecule has 0 radical (unpaired) electrons. The standard InChI is InChI=1S/C46H55N3/c1-4-6-8-21-33-46(34-22-9-7-5-2)44-30-20-19-29-42(44)43-32-31-41(35-45(43)46)49(40-27-17-12-18-28-40)37-47(3)36-48(38-23-13-10-14-24-38)39-25-15-11-16-26-39/h10-20,23-32,35H,4-9,21-22,33-34,36-37H2,1-3H3. The molecule has 0 aliphatic heterocycles. The maximum Gasteiger partial charge on any atom is 0.0768 e. The lowest BCUT2D eigenvalue weighted by Crippen LogP contribution is -2.39. The van der Waals surface area contributed by atoms with Crippen molar-refractivity contribution in [3.05, 3.63) is 145 Å². The first-order valence-corrected chi connectivity index (χ1v) is 18.8. The smallest absolute Gasteiger partial charge is 0.0768 e. The molecule has 0 aromatic heterocycles. The second kappa shape index (κ2) is 16.9. The van der Waals surface area contributed by atoms with Crippen molar-refractivity contribution in [1.29, 1.82) is 0 Å². The number of hydrogen-bond acceptors (Lipinski definition) is 3. The summed E-state index contributed by atoms with van der Waals surface area (Å²) in [6.07, 6.45) is 12.8. The fourth-order valence-corrected chi connectivity index (χ4v) is 7.96. The summed E-state index contributed by atoms with van der Waals surface area (Å²) in [5.74, 6) is 0. The molecule has 254 valence electrons. The third-order valence-corrected chi connectivity index (χ3v) is 10.4. The first-order valence-electron chi connectivity index (χ1n) is 18.8. The van der Waals surface area contributed by atoms with Crippen LogP contribution in [-0.4, -0.2) is 25.3 Å². The van der Waals surface area contributed by atoms with Crippen molar-refractivity contribution < 1.29 is 0 Å². The molecule has 3 heteroatoms. The van der Waals surface area contributed by atoms with E-state index in [0.717, 1.165) is 13.3 Å². The van der Waals surface area contributed by atoms with Crippen LogP contribution in [0.25, 0.3) is 11.1 Å². The van der Waals surface area contributed by atoms with Gasteiger partial charge in [-0.3, -0.25) is 4.90 Å². The van der Waals surface area contributed by atoms with E-state index >= 15 is 0 Å². The van der Waals surface area contributed by atoms with Crippen LogP contribution in [0.5, 0.6) is 0 Å². The topological polar surface area (TPSA) is 9.72 Å². The third kappa shape index (κ3) is 7.94. The minimum absolute atomic E-state index is 0.0646. The molecule has 3 nitrogen and oxygen atoms in total. The molecule has 49 heavy (non-hydrogen) atoms. The van der Waals surface area contributed by atoms with Gasteiger partial charge in [0.2, 0.25) is 0 Å². The van der Waals surface area contributed by atoms with Gasteiger partial charge in [-0.25, -0.2) is 0 Å². The van der Waals surface area contributed by atoms with Gasteiger partial charge in [0.05, 0.1) is 13.3 Å². The maximum atomic E-state index is 2.57. The van der Waals surface area contributed by atoms with Crippen LogP contribution in [0.3, 0.4) is 0 Å². The largest absolute Gasteiger partial charge is 0.328 e. The highest BCUT2D eigenvalue weighted by Crippen LogP contribution is 2.55. The van der Waals surface area contributed by atoms with Crippen molar-refractivity contribution in [2.45, 2.75) is 83.5 Å². The second-order valence-corrected chi connectivity index (χ2v) is 14.0. The summed E-state index contributed by atoms with van der Waals surface area (Å²) in [7, 11) is 2.24. The molecule has 5 aromatic rings. The molecular formula is C46H55N3. The number of fused-ring (bicyclic) bond motifs is 3. The van der Waals surface area contributed by atoms with Crippen LogP contribution in [0.15, 0.2) is 133 Å². The van der Waals surface area contributed by atoms with Crippen molar-refractivity contribution in [2.75, 3.05) is 30.2 Å². The van der Waals surface area contributed by atoms with E-state index in [4.69, 9.17) is 0 Å². The van der Waals surface area contributed by atoms with Crippen molar-refractivity contribution in [3.8, 4) is 11.1 Å². The summed E-state index contributed by atoms with van der Waals surface area (Å²) in [6.45, 7) is 6.15. The van der Waals surface area contributed by atoms with E-state index in [2.05, 4.69) is 169 Å². The molecule has 0 saturated carbocycles. The van der Waals surface area contributed by atoms with Crippen molar-refractivity contribution in [2.24, 2.45) is 0 Å². The molecule has 0 heterocycles. The van der Waals surface area contributed by atoms with Crippen molar-refractivity contribution in [3.63, 3.8) is 0 Å². The molecular weight excluding hydrogens is 595 g/mol. The highest BCUT2D eigenvalue weighted by molar-refractivity contribution is 5.83. The number of unbranched alkanes of at least 4 members (excludes halogenated alkanes) is 6. The summed E-state index contributed by atoms with van der Waals surface area (Å²) in [4.78, 5) is 7.34. The van der Waals surface area contributed by atoms with Crippen molar-refractivity contribution in [1.82, 2.24) is 4.90 Å². The lowest BCUT2D eigenvalue weighted by molar-refractivity contribution is 0.350. The fraction of sp³-hybridized carbons (Fsp3) is 0.348. The van der Waals surface area contributed by atoms with E-state index < -0.39 is 0 Å². The molecule has 1 aliphatic carbocycles. The molecule has 0 fully saturated rings. The Kier molecular flexibility index (Phi) is 11.9. The Morgan fingerprint density at radius 2 is 0.878 bits per heavy atom. The van der Waals surface area contributed by atoms with Gasteiger partial charge in [0.15, 0.2) is 0 Å². The highest BCUT2D eigenvalue weighted by atomic mass is 15.4. The summed E-state index contributed by atoms with van der Waals surface area (Å²) in [6, 6.07) is 49.1. The Labute approximate surface area is 296 Å². The molecule has 0 bridgehead atoms. The molecule has 6 rings (SSSR count). The van der Waals surface area contributed by atoms with Gasteiger partial charge in [0.25, 0.3) is 0 Å². The van der Waals surface area contributed by atoms with Gasteiger partial charge in [-0.15, -0.1) is 0 Å². The Morgan fingerprint density at radius 3 is 1.39 bits per heavy atom. The fourth-order valence-electron chi connectivity index (χ4n) is 7.96. The van der Waals surface area contributed by atoms with Gasteiger partial charge in [-0.05, 0) is 90.7 Å². The average Bonchev–Trinajstić information content (AvgIpc) is 3.43. The summed E-state index contributed by atoms with van der Waals surface area (Å²) >= 11 is 0. The number of hydrogen-bond donors (Lipinski definition) is 0. The lowest BCUT2D eigenvalue weighted by Gasteiger charge is -2.36. The van der Waals surface area contributed by atoms with E-state index in [1.807, 2.05) is 0 Å². The van der Waals surface area contributed by atoms with Crippen LogP contribution in [0.4, 0.5) is 22.7 Å². The van der Waals surface area contributed by atoms with E-state index in [1.54, 1.807) is 5.56 Å². The van der Waals surface area contributed by atoms with Crippen LogP contribution in [0.2, 0.25) is 0 Å². The number of rotatable bonds is 18. The number of benzene rings is 5. The van der Waals surface area contributed by atoms with Gasteiger partial charge >= 0.3 is 0 Å². The predicted molar refractivity (Wildman–Crippen MR) is 211 cm³/mol. The number of anilines is 4. The zero-order valence-electron chi connectivity index (χ0n) is 30.0. The summed E-state index contributed by atoms with van der Waals surface area (Å²) < 4.78 is 0. The predicted octanol–water partition coefficient (Wildman–Crippen LogP) is 12.7. The van der Waals surface area contributed by atoms with Crippen LogP contribution in [0, 0.1) is 0 Å². The van der Waals surface area contributed by atoms with Crippen molar-refractivity contribution >= 4 is 22.7 Å². The molecule has 0 atom stereocenters. The van der Waals surface area contributed by atoms with E-state index in [1.165, 1.54) is 104 Å². The molecule has 0 amide bonds. The molecule has 1 aliphatic rings. The average molecular weight is 650 g/mol. The Bertz CT molecular complexity index is 1660. The molecule has 0 N–H and O–H groups in total.